The number of anilines is 1. The molecule has 3 aromatic rings. The summed E-state index contributed by atoms with van der Waals surface area (Å²) in [7, 11) is -4.00. The number of halogens is 1. The molecule has 1 saturated carbocycles. The molecule has 1 fully saturated rings. The molecule has 0 saturated heterocycles. The van der Waals surface area contributed by atoms with Crippen molar-refractivity contribution in [3.05, 3.63) is 48.1 Å². The third kappa shape index (κ3) is 3.34. The summed E-state index contributed by atoms with van der Waals surface area (Å²) >= 11 is 0. The Morgan fingerprint density at radius 3 is 2.65 bits per heavy atom. The first-order valence-corrected chi connectivity index (χ1v) is 9.71. The number of hydrogen-bond donors (Lipinski definition) is 1. The molecule has 9 heteroatoms. The maximum Gasteiger partial charge on any atom is 0.295 e. The molecular weight excluding hydrogens is 361 g/mol. The van der Waals surface area contributed by atoms with E-state index in [0.717, 1.165) is 31.7 Å². The zero-order valence-corrected chi connectivity index (χ0v) is 14.5. The summed E-state index contributed by atoms with van der Waals surface area (Å²) in [6.07, 6.45) is 4.29. The number of nitrogens with one attached hydrogen (secondary N) is 1. The molecule has 2 heterocycles. The van der Waals surface area contributed by atoms with Gasteiger partial charge in [0.25, 0.3) is 15.9 Å². The monoisotopic (exact) mass is 377 g/mol. The Labute approximate surface area is 149 Å². The van der Waals surface area contributed by atoms with Crippen LogP contribution in [-0.2, 0) is 10.0 Å². The number of rotatable bonds is 5. The highest BCUT2D eigenvalue weighted by Crippen LogP contribution is 2.34. The average molecular weight is 377 g/mol. The Morgan fingerprint density at radius 1 is 1.08 bits per heavy atom. The molecule has 0 atom stereocenters. The van der Waals surface area contributed by atoms with Crippen LogP contribution in [0.3, 0.4) is 0 Å². The minimum Gasteiger partial charge on any atom is -0.438 e. The molecule has 26 heavy (non-hydrogen) atoms. The van der Waals surface area contributed by atoms with Crippen LogP contribution in [0.2, 0.25) is 0 Å². The Hall–Kier alpha value is -2.68. The lowest BCUT2D eigenvalue weighted by atomic mass is 10.1. The van der Waals surface area contributed by atoms with Gasteiger partial charge in [0.1, 0.15) is 5.82 Å². The first-order chi connectivity index (χ1) is 12.5. The Bertz CT molecular complexity index is 1020. The molecular formula is C17H16FN3O4S. The smallest absolute Gasteiger partial charge is 0.295 e. The Morgan fingerprint density at radius 2 is 1.88 bits per heavy atom. The molecule has 0 spiro atoms. The van der Waals surface area contributed by atoms with Gasteiger partial charge in [-0.1, -0.05) is 18.9 Å². The molecule has 1 aromatic carbocycles. The van der Waals surface area contributed by atoms with Crippen molar-refractivity contribution >= 4 is 15.7 Å². The molecule has 0 amide bonds. The van der Waals surface area contributed by atoms with Crippen molar-refractivity contribution in [3.63, 3.8) is 0 Å². The fourth-order valence-corrected chi connectivity index (χ4v) is 3.99. The van der Waals surface area contributed by atoms with Crippen LogP contribution in [0.5, 0.6) is 0 Å². The van der Waals surface area contributed by atoms with Crippen molar-refractivity contribution in [1.82, 2.24) is 10.2 Å². The standard InChI is InChI=1S/C17H16FN3O4S/c18-12-6-3-7-13(10-12)21-26(22,23)15-9-8-14(24-15)17-20-19-16(25-17)11-4-1-2-5-11/h3,6-11,21H,1-2,4-5H2. The molecule has 1 aliphatic rings. The molecule has 4 rings (SSSR count). The minimum atomic E-state index is -4.00. The molecule has 0 unspecified atom stereocenters. The van der Waals surface area contributed by atoms with Crippen LogP contribution >= 0.6 is 0 Å². The topological polar surface area (TPSA) is 98.2 Å². The van der Waals surface area contributed by atoms with E-state index in [-0.39, 0.29) is 28.3 Å². The van der Waals surface area contributed by atoms with Crippen LogP contribution < -0.4 is 4.72 Å². The van der Waals surface area contributed by atoms with E-state index in [0.29, 0.717) is 5.89 Å². The molecule has 0 bridgehead atoms. The van der Waals surface area contributed by atoms with E-state index in [1.165, 1.54) is 30.3 Å². The number of hydrogen-bond acceptors (Lipinski definition) is 6. The van der Waals surface area contributed by atoms with Crippen LogP contribution in [0, 0.1) is 5.82 Å². The lowest BCUT2D eigenvalue weighted by Gasteiger charge is -2.05. The van der Waals surface area contributed by atoms with E-state index < -0.39 is 15.8 Å². The molecule has 1 aliphatic carbocycles. The third-order valence-electron chi connectivity index (χ3n) is 4.28. The number of aromatic nitrogens is 2. The summed E-state index contributed by atoms with van der Waals surface area (Å²) in [5, 5.41) is 7.66. The second-order valence-corrected chi connectivity index (χ2v) is 7.77. The van der Waals surface area contributed by atoms with Gasteiger partial charge in [0, 0.05) is 5.92 Å². The minimum absolute atomic E-state index is 0.101. The van der Waals surface area contributed by atoms with E-state index in [2.05, 4.69) is 14.9 Å². The van der Waals surface area contributed by atoms with Crippen molar-refractivity contribution < 1.29 is 21.6 Å². The van der Waals surface area contributed by atoms with E-state index in [1.807, 2.05) is 0 Å². The summed E-state index contributed by atoms with van der Waals surface area (Å²) in [6.45, 7) is 0. The van der Waals surface area contributed by atoms with Crippen LogP contribution in [0.1, 0.15) is 37.5 Å². The van der Waals surface area contributed by atoms with E-state index in [9.17, 15) is 12.8 Å². The van der Waals surface area contributed by atoms with Crippen molar-refractivity contribution in [2.45, 2.75) is 36.7 Å². The highest BCUT2D eigenvalue weighted by atomic mass is 32.2. The van der Waals surface area contributed by atoms with Crippen molar-refractivity contribution in [1.29, 1.82) is 0 Å². The SMILES string of the molecule is O=S(=O)(Nc1cccc(F)c1)c1ccc(-c2nnc(C3CCCC3)o2)o1. The molecule has 0 radical (unpaired) electrons. The van der Waals surface area contributed by atoms with Crippen LogP contribution in [0.25, 0.3) is 11.7 Å². The fourth-order valence-electron chi connectivity index (χ4n) is 3.01. The highest BCUT2D eigenvalue weighted by molar-refractivity contribution is 7.92. The quantitative estimate of drug-likeness (QED) is 0.723. The molecule has 2 aromatic heterocycles. The zero-order chi connectivity index (χ0) is 18.1. The van der Waals surface area contributed by atoms with Gasteiger partial charge >= 0.3 is 0 Å². The third-order valence-corrected chi connectivity index (χ3v) is 5.53. The van der Waals surface area contributed by atoms with Gasteiger partial charge in [-0.3, -0.25) is 4.72 Å². The van der Waals surface area contributed by atoms with Crippen molar-refractivity contribution in [2.75, 3.05) is 4.72 Å². The summed E-state index contributed by atoms with van der Waals surface area (Å²) in [4.78, 5) is 0. The molecule has 0 aliphatic heterocycles. The maximum absolute atomic E-state index is 13.2. The average Bonchev–Trinajstić information content (AvgIpc) is 3.34. The largest absolute Gasteiger partial charge is 0.438 e. The second-order valence-electron chi connectivity index (χ2n) is 6.16. The Kier molecular flexibility index (Phi) is 4.23. The van der Waals surface area contributed by atoms with E-state index in [1.54, 1.807) is 0 Å². The van der Waals surface area contributed by atoms with Gasteiger partial charge in [-0.05, 0) is 43.2 Å². The Balaban J connectivity index is 1.55. The predicted molar refractivity (Wildman–Crippen MR) is 90.4 cm³/mol. The second kappa shape index (κ2) is 6.56. The first kappa shape index (κ1) is 16.8. The van der Waals surface area contributed by atoms with Crippen LogP contribution in [-0.4, -0.2) is 18.6 Å². The van der Waals surface area contributed by atoms with E-state index >= 15 is 0 Å². The first-order valence-electron chi connectivity index (χ1n) is 8.23. The predicted octanol–water partition coefficient (Wildman–Crippen LogP) is 3.93. The zero-order valence-electron chi connectivity index (χ0n) is 13.7. The summed E-state index contributed by atoms with van der Waals surface area (Å²) in [6, 6.07) is 7.89. The summed E-state index contributed by atoms with van der Waals surface area (Å²) < 4.78 is 51.2. The number of benzene rings is 1. The van der Waals surface area contributed by atoms with Crippen molar-refractivity contribution in [2.24, 2.45) is 0 Å². The number of nitrogens with zero attached hydrogens (tertiary/aromatic N) is 2. The summed E-state index contributed by atoms with van der Waals surface area (Å²) in [5.41, 5.74) is 0.101. The summed E-state index contributed by atoms with van der Waals surface area (Å²) in [5.74, 6) is 0.566. The highest BCUT2D eigenvalue weighted by Gasteiger charge is 2.25. The number of sulfonamides is 1. The van der Waals surface area contributed by atoms with Gasteiger partial charge < -0.3 is 8.83 Å². The molecule has 136 valence electrons. The maximum atomic E-state index is 13.2. The van der Waals surface area contributed by atoms with Crippen LogP contribution in [0.15, 0.2) is 50.3 Å². The lowest BCUT2D eigenvalue weighted by molar-refractivity contribution is 0.421. The fraction of sp³-hybridized carbons (Fsp3) is 0.294. The van der Waals surface area contributed by atoms with Gasteiger partial charge in [-0.25, -0.2) is 4.39 Å². The number of furan rings is 1. The molecule has 1 N–H and O–H groups in total. The van der Waals surface area contributed by atoms with Gasteiger partial charge in [0.15, 0.2) is 5.76 Å². The van der Waals surface area contributed by atoms with E-state index in [4.69, 9.17) is 8.83 Å². The molecule has 7 nitrogen and oxygen atoms in total. The normalized spacial score (nSPS) is 15.4. The van der Waals surface area contributed by atoms with Gasteiger partial charge in [0.2, 0.25) is 11.0 Å². The lowest BCUT2D eigenvalue weighted by Crippen LogP contribution is -2.12. The van der Waals surface area contributed by atoms with Crippen molar-refractivity contribution in [3.8, 4) is 11.7 Å². The van der Waals surface area contributed by atoms with Gasteiger partial charge in [-0.15, -0.1) is 10.2 Å². The van der Waals surface area contributed by atoms with Gasteiger partial charge in [0.05, 0.1) is 5.69 Å². The van der Waals surface area contributed by atoms with Crippen LogP contribution in [0.4, 0.5) is 10.1 Å². The van der Waals surface area contributed by atoms with Gasteiger partial charge in [-0.2, -0.15) is 8.42 Å².